The van der Waals surface area contributed by atoms with Crippen LogP contribution >= 0.6 is 11.3 Å². The average molecular weight is 301 g/mol. The summed E-state index contributed by atoms with van der Waals surface area (Å²) in [7, 11) is 0. The number of nitrogens with zero attached hydrogens (tertiary/aromatic N) is 2. The van der Waals surface area contributed by atoms with Crippen LogP contribution in [0.25, 0.3) is 10.2 Å². The lowest BCUT2D eigenvalue weighted by Gasteiger charge is -2.09. The second kappa shape index (κ2) is 5.57. The molecule has 2 aromatic heterocycles. The quantitative estimate of drug-likeness (QED) is 0.751. The Kier molecular flexibility index (Phi) is 3.62. The van der Waals surface area contributed by atoms with Crippen molar-refractivity contribution in [3.8, 4) is 5.75 Å². The first-order chi connectivity index (χ1) is 10.2. The molecule has 0 spiro atoms. The van der Waals surface area contributed by atoms with Crippen molar-refractivity contribution in [3.05, 3.63) is 51.9 Å². The first kappa shape index (κ1) is 13.6. The van der Waals surface area contributed by atoms with E-state index in [0.717, 1.165) is 11.1 Å². The van der Waals surface area contributed by atoms with Gasteiger partial charge in [-0.3, -0.25) is 9.36 Å². The summed E-state index contributed by atoms with van der Waals surface area (Å²) < 4.78 is 7.86. The fourth-order valence-electron chi connectivity index (χ4n) is 2.09. The SMILES string of the molecule is Cc1csc2c(=O)n(CCOc3ccccc3N)cnc12. The maximum Gasteiger partial charge on any atom is 0.271 e. The van der Waals surface area contributed by atoms with E-state index in [0.29, 0.717) is 29.3 Å². The zero-order valence-corrected chi connectivity index (χ0v) is 12.4. The molecular weight excluding hydrogens is 286 g/mol. The van der Waals surface area contributed by atoms with Gasteiger partial charge in [0, 0.05) is 0 Å². The molecule has 6 heteroatoms. The van der Waals surface area contributed by atoms with E-state index in [9.17, 15) is 4.79 Å². The summed E-state index contributed by atoms with van der Waals surface area (Å²) in [6.45, 7) is 2.76. The summed E-state index contributed by atoms with van der Waals surface area (Å²) in [5.74, 6) is 0.631. The van der Waals surface area contributed by atoms with Crippen molar-refractivity contribution in [1.29, 1.82) is 0 Å². The van der Waals surface area contributed by atoms with Crippen molar-refractivity contribution in [2.75, 3.05) is 12.3 Å². The topological polar surface area (TPSA) is 70.1 Å². The molecule has 1 aromatic carbocycles. The Morgan fingerprint density at radius 3 is 3.00 bits per heavy atom. The zero-order chi connectivity index (χ0) is 14.8. The number of anilines is 1. The van der Waals surface area contributed by atoms with Crippen molar-refractivity contribution >= 4 is 27.2 Å². The maximum absolute atomic E-state index is 12.3. The summed E-state index contributed by atoms with van der Waals surface area (Å²) in [5, 5.41) is 1.95. The predicted octanol–water partition coefficient (Wildman–Crippen LogP) is 2.43. The number of nitrogen functional groups attached to an aromatic ring is 1. The summed E-state index contributed by atoms with van der Waals surface area (Å²) in [6, 6.07) is 7.30. The molecule has 2 N–H and O–H groups in total. The fourth-order valence-corrected chi connectivity index (χ4v) is 3.04. The largest absolute Gasteiger partial charge is 0.490 e. The maximum atomic E-state index is 12.3. The molecular formula is C15H15N3O2S. The van der Waals surface area contributed by atoms with Crippen LogP contribution in [0.15, 0.2) is 40.8 Å². The minimum Gasteiger partial charge on any atom is -0.490 e. The molecule has 0 saturated carbocycles. The van der Waals surface area contributed by atoms with Crippen molar-refractivity contribution < 1.29 is 4.74 Å². The number of thiophene rings is 1. The van der Waals surface area contributed by atoms with Gasteiger partial charge in [0.2, 0.25) is 0 Å². The normalized spacial score (nSPS) is 10.9. The number of hydrogen-bond acceptors (Lipinski definition) is 5. The Hall–Kier alpha value is -2.34. The summed E-state index contributed by atoms with van der Waals surface area (Å²) in [6.07, 6.45) is 1.57. The smallest absolute Gasteiger partial charge is 0.271 e. The van der Waals surface area contributed by atoms with Gasteiger partial charge >= 0.3 is 0 Å². The third-order valence-corrected chi connectivity index (χ3v) is 4.31. The Morgan fingerprint density at radius 1 is 1.38 bits per heavy atom. The van der Waals surface area contributed by atoms with Crippen molar-refractivity contribution in [3.63, 3.8) is 0 Å². The van der Waals surface area contributed by atoms with Crippen LogP contribution < -0.4 is 16.0 Å². The monoisotopic (exact) mass is 301 g/mol. The second-order valence-electron chi connectivity index (χ2n) is 4.73. The van der Waals surface area contributed by atoms with E-state index in [-0.39, 0.29) is 5.56 Å². The first-order valence-electron chi connectivity index (χ1n) is 6.57. The molecule has 0 aliphatic heterocycles. The van der Waals surface area contributed by atoms with Crippen LogP contribution in [0, 0.1) is 6.92 Å². The number of aromatic nitrogens is 2. The Balaban J connectivity index is 1.75. The lowest BCUT2D eigenvalue weighted by molar-refractivity contribution is 0.297. The minimum absolute atomic E-state index is 0.0252. The molecule has 3 aromatic rings. The standard InChI is InChI=1S/C15H15N3O2S/c1-10-8-21-14-13(10)17-9-18(15(14)19)6-7-20-12-5-3-2-4-11(12)16/h2-5,8-9H,6-7,16H2,1H3. The van der Waals surface area contributed by atoms with Crippen LogP contribution in [0.3, 0.4) is 0 Å². The Labute approximate surface area is 125 Å². The summed E-state index contributed by atoms with van der Waals surface area (Å²) in [4.78, 5) is 16.6. The van der Waals surface area contributed by atoms with Crippen LogP contribution in [-0.2, 0) is 6.54 Å². The highest BCUT2D eigenvalue weighted by molar-refractivity contribution is 7.17. The second-order valence-corrected chi connectivity index (χ2v) is 5.61. The van der Waals surface area contributed by atoms with Gasteiger partial charge in [-0.2, -0.15) is 0 Å². The zero-order valence-electron chi connectivity index (χ0n) is 11.6. The number of nitrogens with two attached hydrogens (primary N) is 1. The van der Waals surface area contributed by atoms with Crippen LogP contribution in [0.2, 0.25) is 0 Å². The van der Waals surface area contributed by atoms with E-state index in [1.165, 1.54) is 11.3 Å². The van der Waals surface area contributed by atoms with Crippen LogP contribution in [-0.4, -0.2) is 16.2 Å². The highest BCUT2D eigenvalue weighted by Gasteiger charge is 2.08. The van der Waals surface area contributed by atoms with Crippen molar-refractivity contribution in [1.82, 2.24) is 9.55 Å². The molecule has 108 valence electrons. The van der Waals surface area contributed by atoms with Crippen LogP contribution in [0.4, 0.5) is 5.69 Å². The van der Waals surface area contributed by atoms with Gasteiger partial charge in [0.15, 0.2) is 0 Å². The number of aryl methyl sites for hydroxylation is 1. The number of fused-ring (bicyclic) bond motifs is 1. The van der Waals surface area contributed by atoms with Gasteiger partial charge < -0.3 is 10.5 Å². The average Bonchev–Trinajstić information content (AvgIpc) is 2.86. The first-order valence-corrected chi connectivity index (χ1v) is 7.45. The molecule has 0 saturated heterocycles. The van der Waals surface area contributed by atoms with E-state index in [2.05, 4.69) is 4.98 Å². The molecule has 21 heavy (non-hydrogen) atoms. The number of hydrogen-bond donors (Lipinski definition) is 1. The minimum atomic E-state index is -0.0252. The van der Waals surface area contributed by atoms with E-state index in [1.54, 1.807) is 17.0 Å². The fraction of sp³-hybridized carbons (Fsp3) is 0.200. The summed E-state index contributed by atoms with van der Waals surface area (Å²) >= 11 is 1.43. The van der Waals surface area contributed by atoms with Gasteiger partial charge in [-0.05, 0) is 30.0 Å². The van der Waals surface area contributed by atoms with Crippen molar-refractivity contribution in [2.45, 2.75) is 13.5 Å². The molecule has 0 amide bonds. The Morgan fingerprint density at radius 2 is 2.19 bits per heavy atom. The highest BCUT2D eigenvalue weighted by Crippen LogP contribution is 2.20. The summed E-state index contributed by atoms with van der Waals surface area (Å²) in [5.41, 5.74) is 8.19. The van der Waals surface area contributed by atoms with E-state index in [4.69, 9.17) is 10.5 Å². The molecule has 2 heterocycles. The lowest BCUT2D eigenvalue weighted by Crippen LogP contribution is -2.23. The molecule has 0 radical (unpaired) electrons. The van der Waals surface area contributed by atoms with Crippen LogP contribution in [0.1, 0.15) is 5.56 Å². The molecule has 0 aliphatic rings. The third-order valence-electron chi connectivity index (χ3n) is 3.23. The molecule has 0 aliphatic carbocycles. The van der Waals surface area contributed by atoms with Crippen LogP contribution in [0.5, 0.6) is 5.75 Å². The van der Waals surface area contributed by atoms with Gasteiger partial charge in [-0.15, -0.1) is 11.3 Å². The van der Waals surface area contributed by atoms with Gasteiger partial charge in [-0.1, -0.05) is 12.1 Å². The predicted molar refractivity (Wildman–Crippen MR) is 85.0 cm³/mol. The number of ether oxygens (including phenoxy) is 1. The number of para-hydroxylation sites is 2. The van der Waals surface area contributed by atoms with Gasteiger partial charge in [0.05, 0.1) is 24.1 Å². The molecule has 0 bridgehead atoms. The van der Waals surface area contributed by atoms with E-state index >= 15 is 0 Å². The molecule has 0 atom stereocenters. The van der Waals surface area contributed by atoms with Gasteiger partial charge in [0.1, 0.15) is 17.1 Å². The molecule has 3 rings (SSSR count). The van der Waals surface area contributed by atoms with E-state index < -0.39 is 0 Å². The highest BCUT2D eigenvalue weighted by atomic mass is 32.1. The molecule has 0 unspecified atom stereocenters. The third kappa shape index (κ3) is 2.62. The molecule has 0 fully saturated rings. The van der Waals surface area contributed by atoms with Gasteiger partial charge in [0.25, 0.3) is 5.56 Å². The van der Waals surface area contributed by atoms with Gasteiger partial charge in [-0.25, -0.2) is 4.98 Å². The molecule has 5 nitrogen and oxygen atoms in total. The Bertz CT molecular complexity index is 838. The van der Waals surface area contributed by atoms with E-state index in [1.807, 2.05) is 30.5 Å². The van der Waals surface area contributed by atoms with Crippen molar-refractivity contribution in [2.24, 2.45) is 0 Å². The lowest BCUT2D eigenvalue weighted by atomic mass is 10.3. The number of rotatable bonds is 4. The number of benzene rings is 1.